The third kappa shape index (κ3) is 5.96. The molecule has 0 radical (unpaired) electrons. The van der Waals surface area contributed by atoms with Gasteiger partial charge in [0.15, 0.2) is 11.6 Å². The molecule has 4 aromatic rings. The molecule has 0 spiro atoms. The summed E-state index contributed by atoms with van der Waals surface area (Å²) in [6.45, 7) is 2.13. The fourth-order valence-electron chi connectivity index (χ4n) is 4.07. The first-order chi connectivity index (χ1) is 18.2. The number of aryl methyl sites for hydroxylation is 1. The Morgan fingerprint density at radius 1 is 1.05 bits per heavy atom. The minimum absolute atomic E-state index is 0.0112. The quantitative estimate of drug-likeness (QED) is 0.247. The van der Waals surface area contributed by atoms with Gasteiger partial charge in [-0.2, -0.15) is 0 Å². The fourth-order valence-corrected chi connectivity index (χ4v) is 5.34. The molecule has 0 saturated carbocycles. The van der Waals surface area contributed by atoms with Gasteiger partial charge in [0.1, 0.15) is 27.7 Å². The zero-order chi connectivity index (χ0) is 27.3. The van der Waals surface area contributed by atoms with E-state index in [1.54, 1.807) is 6.07 Å². The highest BCUT2D eigenvalue weighted by Gasteiger charge is 2.22. The van der Waals surface area contributed by atoms with Crippen LogP contribution in [0.1, 0.15) is 49.7 Å². The normalized spacial score (nSPS) is 11.6. The van der Waals surface area contributed by atoms with Crippen LogP contribution in [0.25, 0.3) is 11.1 Å². The van der Waals surface area contributed by atoms with Gasteiger partial charge in [0.25, 0.3) is 15.6 Å². The van der Waals surface area contributed by atoms with Crippen LogP contribution in [-0.2, 0) is 22.9 Å². The Bertz CT molecular complexity index is 1600. The average Bonchev–Trinajstić information content (AvgIpc) is 3.30. The number of H-pyrrole nitrogens is 1. The minimum atomic E-state index is -4.16. The molecule has 2 N–H and O–H groups in total. The summed E-state index contributed by atoms with van der Waals surface area (Å²) in [7, 11) is -1.50. The van der Waals surface area contributed by atoms with Crippen LogP contribution in [-0.4, -0.2) is 37.8 Å². The van der Waals surface area contributed by atoms with Crippen molar-refractivity contribution in [2.75, 3.05) is 18.9 Å². The van der Waals surface area contributed by atoms with Gasteiger partial charge in [-0.3, -0.25) is 9.52 Å². The minimum Gasteiger partial charge on any atom is -0.495 e. The number of methoxy groups -OCH3 is 2. The summed E-state index contributed by atoms with van der Waals surface area (Å²) in [5.41, 5.74) is 1.21. The molecule has 2 heterocycles. The van der Waals surface area contributed by atoms with E-state index in [0.29, 0.717) is 29.0 Å². The maximum atomic E-state index is 14.1. The van der Waals surface area contributed by atoms with E-state index >= 15 is 0 Å². The van der Waals surface area contributed by atoms with Crippen LogP contribution in [0.2, 0.25) is 0 Å². The van der Waals surface area contributed by atoms with Gasteiger partial charge in [-0.1, -0.05) is 37.4 Å². The Balaban J connectivity index is 1.62. The van der Waals surface area contributed by atoms with Gasteiger partial charge < -0.3 is 19.0 Å². The third-order valence-electron chi connectivity index (χ3n) is 6.01. The molecule has 2 aromatic heterocycles. The molecular weight excluding hydrogens is 515 g/mol. The van der Waals surface area contributed by atoms with E-state index in [-0.39, 0.29) is 34.1 Å². The molecule has 0 atom stereocenters. The number of aromatic nitrogens is 3. The van der Waals surface area contributed by atoms with Gasteiger partial charge in [-0.15, -0.1) is 0 Å². The highest BCUT2D eigenvalue weighted by molar-refractivity contribution is 7.92. The highest BCUT2D eigenvalue weighted by atomic mass is 32.2. The smallest absolute Gasteiger partial charge is 0.297 e. The summed E-state index contributed by atoms with van der Waals surface area (Å²) in [6, 6.07) is 8.34. The molecule has 0 aliphatic carbocycles. The number of sulfonamides is 1. The Labute approximate surface area is 219 Å². The van der Waals surface area contributed by atoms with Crippen molar-refractivity contribution in [2.45, 2.75) is 50.3 Å². The molecule has 0 bridgehead atoms. The predicted octanol–water partition coefficient (Wildman–Crippen LogP) is 4.58. The number of hydrogen-bond acceptors (Lipinski definition) is 8. The Kier molecular flexibility index (Phi) is 8.30. The topological polar surface area (TPSA) is 136 Å². The lowest BCUT2D eigenvalue weighted by Crippen LogP contribution is -2.15. The number of ether oxygens (including phenoxy) is 2. The molecule has 2 aromatic carbocycles. The Hall–Kier alpha value is -3.93. The number of benzene rings is 2. The van der Waals surface area contributed by atoms with Gasteiger partial charge in [0.2, 0.25) is 5.58 Å². The van der Waals surface area contributed by atoms with Crippen LogP contribution < -0.4 is 19.8 Å². The largest absolute Gasteiger partial charge is 0.495 e. The van der Waals surface area contributed by atoms with Crippen molar-refractivity contribution < 1.29 is 26.8 Å². The molecule has 38 heavy (non-hydrogen) atoms. The maximum Gasteiger partial charge on any atom is 0.297 e. The van der Waals surface area contributed by atoms with Crippen LogP contribution in [0.3, 0.4) is 0 Å². The van der Waals surface area contributed by atoms with Gasteiger partial charge >= 0.3 is 0 Å². The van der Waals surface area contributed by atoms with E-state index in [0.717, 1.165) is 31.7 Å². The first-order valence-electron chi connectivity index (χ1n) is 12.2. The van der Waals surface area contributed by atoms with E-state index in [1.165, 1.54) is 38.5 Å². The van der Waals surface area contributed by atoms with E-state index in [2.05, 4.69) is 26.8 Å². The van der Waals surface area contributed by atoms with Gasteiger partial charge in [0.05, 0.1) is 19.9 Å². The van der Waals surface area contributed by atoms with E-state index in [4.69, 9.17) is 14.0 Å². The summed E-state index contributed by atoms with van der Waals surface area (Å²) in [4.78, 5) is 19.7. The predicted molar refractivity (Wildman–Crippen MR) is 140 cm³/mol. The van der Waals surface area contributed by atoms with Crippen LogP contribution in [0, 0.1) is 5.82 Å². The molecule has 4 rings (SSSR count). The number of halogens is 1. The zero-order valence-electron chi connectivity index (χ0n) is 21.3. The second kappa shape index (κ2) is 11.6. The van der Waals surface area contributed by atoms with Crippen molar-refractivity contribution in [3.8, 4) is 11.5 Å². The Morgan fingerprint density at radius 3 is 2.53 bits per heavy atom. The van der Waals surface area contributed by atoms with Crippen molar-refractivity contribution >= 4 is 26.8 Å². The van der Waals surface area contributed by atoms with Crippen molar-refractivity contribution in [1.29, 1.82) is 0 Å². The highest BCUT2D eigenvalue weighted by Crippen LogP contribution is 2.29. The lowest BCUT2D eigenvalue weighted by atomic mass is 10.1. The number of aromatic amines is 1. The van der Waals surface area contributed by atoms with E-state index in [1.807, 2.05) is 0 Å². The lowest BCUT2D eigenvalue weighted by molar-refractivity contribution is 0.386. The molecule has 0 fully saturated rings. The van der Waals surface area contributed by atoms with Gasteiger partial charge in [-0.05, 0) is 42.7 Å². The fraction of sp³-hybridized carbons (Fsp3) is 0.346. The first-order valence-corrected chi connectivity index (χ1v) is 13.6. The number of nitrogens with zero attached hydrogens (tertiary/aromatic N) is 2. The molecule has 0 saturated heterocycles. The molecule has 0 amide bonds. The summed E-state index contributed by atoms with van der Waals surface area (Å²) in [5, 5.41) is 4.03. The summed E-state index contributed by atoms with van der Waals surface area (Å²) < 4.78 is 58.2. The first kappa shape index (κ1) is 27.1. The van der Waals surface area contributed by atoms with Crippen LogP contribution in [0.5, 0.6) is 11.5 Å². The second-order valence-corrected chi connectivity index (χ2v) is 10.4. The average molecular weight is 545 g/mol. The standard InChI is InChI=1S/C26H29FN4O6S/c1-4-5-6-7-8-19-24-25(37-30-19)26(32)29-23(28-24)14-16-9-11-21(36-3)22(13-16)38(33,34)31-17-10-12-20(35-2)18(27)15-17/h9-13,15,31H,4-8,14H2,1-3H3,(H,28,29,32). The van der Waals surface area contributed by atoms with Gasteiger partial charge in [-0.25, -0.2) is 17.8 Å². The van der Waals surface area contributed by atoms with Crippen LogP contribution >= 0.6 is 0 Å². The van der Waals surface area contributed by atoms with Crippen molar-refractivity contribution in [2.24, 2.45) is 0 Å². The summed E-state index contributed by atoms with van der Waals surface area (Å²) in [6.07, 6.45) is 4.94. The molecule has 10 nitrogen and oxygen atoms in total. The molecule has 0 aliphatic rings. The van der Waals surface area contributed by atoms with E-state index < -0.39 is 21.4 Å². The number of anilines is 1. The Morgan fingerprint density at radius 2 is 1.82 bits per heavy atom. The zero-order valence-corrected chi connectivity index (χ0v) is 22.2. The second-order valence-electron chi connectivity index (χ2n) is 8.75. The van der Waals surface area contributed by atoms with E-state index in [9.17, 15) is 17.6 Å². The monoisotopic (exact) mass is 544 g/mol. The van der Waals surface area contributed by atoms with Crippen LogP contribution in [0.15, 0.2) is 50.6 Å². The molecular formula is C26H29FN4O6S. The summed E-state index contributed by atoms with van der Waals surface area (Å²) in [5.74, 6) is -0.292. The lowest BCUT2D eigenvalue weighted by Gasteiger charge is -2.14. The van der Waals surface area contributed by atoms with Crippen molar-refractivity contribution in [1.82, 2.24) is 15.1 Å². The molecule has 0 aliphatic heterocycles. The number of nitrogens with one attached hydrogen (secondary N) is 2. The number of rotatable bonds is 12. The van der Waals surface area contributed by atoms with Crippen molar-refractivity contribution in [3.05, 3.63) is 69.7 Å². The number of fused-ring (bicyclic) bond motifs is 1. The third-order valence-corrected chi connectivity index (χ3v) is 7.41. The SMILES string of the molecule is CCCCCCc1noc2c(=O)[nH]c(Cc3ccc(OC)c(S(=O)(=O)Nc4ccc(OC)c(F)c4)c3)nc12. The number of unbranched alkanes of at least 4 members (excludes halogenated alkanes) is 3. The number of hydrogen-bond donors (Lipinski definition) is 2. The molecule has 0 unspecified atom stereocenters. The maximum absolute atomic E-state index is 14.1. The van der Waals surface area contributed by atoms with Gasteiger partial charge in [0, 0.05) is 12.5 Å². The molecule has 12 heteroatoms. The summed E-state index contributed by atoms with van der Waals surface area (Å²) >= 11 is 0. The molecule has 202 valence electrons. The van der Waals surface area contributed by atoms with Crippen molar-refractivity contribution in [3.63, 3.8) is 0 Å². The van der Waals surface area contributed by atoms with Crippen LogP contribution in [0.4, 0.5) is 10.1 Å².